The minimum atomic E-state index is 0.341. The van der Waals surface area contributed by atoms with Gasteiger partial charge in [0.25, 0.3) is 0 Å². The zero-order valence-corrected chi connectivity index (χ0v) is 10.8. The molecule has 1 fully saturated rings. The molecule has 1 aliphatic heterocycles. The Hall–Kier alpha value is 0.270. The summed E-state index contributed by atoms with van der Waals surface area (Å²) in [6, 6.07) is 0.688. The fourth-order valence-electron chi connectivity index (χ4n) is 2.01. The van der Waals surface area contributed by atoms with E-state index in [4.69, 9.17) is 0 Å². The van der Waals surface area contributed by atoms with Crippen molar-refractivity contribution in [1.82, 2.24) is 9.80 Å². The quantitative estimate of drug-likeness (QED) is 0.716. The third-order valence-corrected chi connectivity index (χ3v) is 3.88. The summed E-state index contributed by atoms with van der Waals surface area (Å²) in [6.45, 7) is 11.7. The van der Waals surface area contributed by atoms with Crippen molar-refractivity contribution >= 4 is 12.6 Å². The predicted molar refractivity (Wildman–Crippen MR) is 66.2 cm³/mol. The number of hydrogen-bond acceptors (Lipinski definition) is 3. The van der Waals surface area contributed by atoms with Gasteiger partial charge in [0.05, 0.1) is 0 Å². The Labute approximate surface area is 94.1 Å². The van der Waals surface area contributed by atoms with Crippen LogP contribution in [0.2, 0.25) is 0 Å². The molecule has 1 aliphatic rings. The number of nitrogens with zero attached hydrogens (tertiary/aromatic N) is 2. The molecule has 0 saturated carbocycles. The summed E-state index contributed by atoms with van der Waals surface area (Å²) in [7, 11) is 2.21. The Bertz CT molecular complexity index is 182. The normalized spacial score (nSPS) is 26.8. The van der Waals surface area contributed by atoms with E-state index in [1.54, 1.807) is 0 Å². The standard InChI is InChI=1S/C11H24N2S/c1-10-7-12(4)5-6-13(10)8-11(2,3)9-14/h10,14H,5-9H2,1-4H3. The molecule has 1 rings (SSSR count). The van der Waals surface area contributed by atoms with Crippen LogP contribution in [0.1, 0.15) is 20.8 Å². The Kier molecular flexibility index (Phi) is 4.29. The minimum Gasteiger partial charge on any atom is -0.304 e. The summed E-state index contributed by atoms with van der Waals surface area (Å²) in [5, 5.41) is 0. The number of hydrogen-bond donors (Lipinski definition) is 1. The molecule has 0 aromatic heterocycles. The molecule has 0 aromatic carbocycles. The monoisotopic (exact) mass is 216 g/mol. The highest BCUT2D eigenvalue weighted by molar-refractivity contribution is 7.80. The van der Waals surface area contributed by atoms with Crippen molar-refractivity contribution in [2.45, 2.75) is 26.8 Å². The molecule has 2 nitrogen and oxygen atoms in total. The predicted octanol–water partition coefficient (Wildman–Crippen LogP) is 1.58. The van der Waals surface area contributed by atoms with E-state index >= 15 is 0 Å². The van der Waals surface area contributed by atoms with Crippen molar-refractivity contribution in [3.63, 3.8) is 0 Å². The van der Waals surface area contributed by atoms with Crippen molar-refractivity contribution in [3.8, 4) is 0 Å². The molecule has 1 unspecified atom stereocenters. The second-order valence-corrected chi connectivity index (χ2v) is 5.72. The van der Waals surface area contributed by atoms with Crippen LogP contribution >= 0.6 is 12.6 Å². The number of rotatable bonds is 3. The van der Waals surface area contributed by atoms with Gasteiger partial charge in [-0.25, -0.2) is 0 Å². The first kappa shape index (κ1) is 12.3. The van der Waals surface area contributed by atoms with E-state index in [0.717, 1.165) is 5.75 Å². The molecule has 1 saturated heterocycles. The largest absolute Gasteiger partial charge is 0.304 e. The van der Waals surface area contributed by atoms with Crippen molar-refractivity contribution < 1.29 is 0 Å². The van der Waals surface area contributed by atoms with E-state index in [1.165, 1.54) is 26.2 Å². The van der Waals surface area contributed by atoms with Gasteiger partial charge < -0.3 is 4.90 Å². The first-order valence-electron chi connectivity index (χ1n) is 5.48. The van der Waals surface area contributed by atoms with E-state index in [9.17, 15) is 0 Å². The fraction of sp³-hybridized carbons (Fsp3) is 1.00. The molecule has 3 heteroatoms. The summed E-state index contributed by atoms with van der Waals surface area (Å²) in [6.07, 6.45) is 0. The molecule has 0 aromatic rings. The smallest absolute Gasteiger partial charge is 0.0195 e. The molecular formula is C11H24N2S. The van der Waals surface area contributed by atoms with E-state index in [2.05, 4.69) is 50.2 Å². The highest BCUT2D eigenvalue weighted by atomic mass is 32.1. The second-order valence-electron chi connectivity index (χ2n) is 5.40. The first-order valence-corrected chi connectivity index (χ1v) is 6.11. The molecule has 0 bridgehead atoms. The van der Waals surface area contributed by atoms with Crippen LogP contribution in [-0.4, -0.2) is 54.8 Å². The van der Waals surface area contributed by atoms with Gasteiger partial charge in [-0.2, -0.15) is 12.6 Å². The topological polar surface area (TPSA) is 6.48 Å². The third kappa shape index (κ3) is 3.44. The Morgan fingerprint density at radius 1 is 1.36 bits per heavy atom. The van der Waals surface area contributed by atoms with Gasteiger partial charge in [-0.15, -0.1) is 0 Å². The Balaban J connectivity index is 2.45. The van der Waals surface area contributed by atoms with Crippen molar-refractivity contribution in [2.75, 3.05) is 39.0 Å². The van der Waals surface area contributed by atoms with Gasteiger partial charge >= 0.3 is 0 Å². The molecule has 0 amide bonds. The molecule has 1 atom stereocenters. The molecule has 0 aliphatic carbocycles. The maximum absolute atomic E-state index is 4.41. The second kappa shape index (κ2) is 4.86. The highest BCUT2D eigenvalue weighted by Crippen LogP contribution is 2.21. The molecule has 84 valence electrons. The van der Waals surface area contributed by atoms with Crippen LogP contribution in [0.4, 0.5) is 0 Å². The highest BCUT2D eigenvalue weighted by Gasteiger charge is 2.26. The van der Waals surface area contributed by atoms with Crippen molar-refractivity contribution in [3.05, 3.63) is 0 Å². The summed E-state index contributed by atoms with van der Waals surface area (Å²) in [5.74, 6) is 0.964. The van der Waals surface area contributed by atoms with E-state index in [0.29, 0.717) is 11.5 Å². The van der Waals surface area contributed by atoms with Crippen LogP contribution in [0, 0.1) is 5.41 Å². The van der Waals surface area contributed by atoms with Gasteiger partial charge in [0.2, 0.25) is 0 Å². The van der Waals surface area contributed by atoms with E-state index < -0.39 is 0 Å². The van der Waals surface area contributed by atoms with Gasteiger partial charge in [0, 0.05) is 32.2 Å². The molecule has 0 radical (unpaired) electrons. The average Bonchev–Trinajstić information content (AvgIpc) is 2.10. The molecule has 0 N–H and O–H groups in total. The number of thiol groups is 1. The van der Waals surface area contributed by atoms with Crippen molar-refractivity contribution in [1.29, 1.82) is 0 Å². The lowest BCUT2D eigenvalue weighted by atomic mass is 9.94. The van der Waals surface area contributed by atoms with Crippen LogP contribution in [0.5, 0.6) is 0 Å². The molecule has 1 heterocycles. The van der Waals surface area contributed by atoms with Gasteiger partial charge in [-0.05, 0) is 25.1 Å². The zero-order valence-electron chi connectivity index (χ0n) is 9.95. The lowest BCUT2D eigenvalue weighted by Gasteiger charge is -2.41. The Morgan fingerprint density at radius 2 is 2.00 bits per heavy atom. The fourth-order valence-corrected chi connectivity index (χ4v) is 2.11. The van der Waals surface area contributed by atoms with Gasteiger partial charge in [-0.3, -0.25) is 4.90 Å². The molecule has 14 heavy (non-hydrogen) atoms. The summed E-state index contributed by atoms with van der Waals surface area (Å²) < 4.78 is 0. The molecular weight excluding hydrogens is 192 g/mol. The summed E-state index contributed by atoms with van der Waals surface area (Å²) >= 11 is 4.41. The third-order valence-electron chi connectivity index (χ3n) is 3.03. The summed E-state index contributed by atoms with van der Waals surface area (Å²) in [4.78, 5) is 5.01. The molecule has 0 spiro atoms. The maximum atomic E-state index is 4.41. The van der Waals surface area contributed by atoms with Crippen LogP contribution < -0.4 is 0 Å². The van der Waals surface area contributed by atoms with Gasteiger partial charge in [0.1, 0.15) is 0 Å². The van der Waals surface area contributed by atoms with Gasteiger partial charge in [0.15, 0.2) is 0 Å². The van der Waals surface area contributed by atoms with Crippen LogP contribution in [0.15, 0.2) is 0 Å². The Morgan fingerprint density at radius 3 is 2.50 bits per heavy atom. The van der Waals surface area contributed by atoms with Crippen LogP contribution in [0.25, 0.3) is 0 Å². The van der Waals surface area contributed by atoms with E-state index in [1.807, 2.05) is 0 Å². The van der Waals surface area contributed by atoms with Gasteiger partial charge in [-0.1, -0.05) is 13.8 Å². The lowest BCUT2D eigenvalue weighted by Crippen LogP contribution is -2.53. The van der Waals surface area contributed by atoms with Crippen molar-refractivity contribution in [2.24, 2.45) is 5.41 Å². The number of likely N-dealkylation sites (N-methyl/N-ethyl adjacent to an activating group) is 1. The lowest BCUT2D eigenvalue weighted by molar-refractivity contribution is 0.0716. The SMILES string of the molecule is CC1CN(C)CCN1CC(C)(C)CS. The van der Waals surface area contributed by atoms with Crippen LogP contribution in [0.3, 0.4) is 0 Å². The minimum absolute atomic E-state index is 0.341. The van der Waals surface area contributed by atoms with Crippen LogP contribution in [-0.2, 0) is 0 Å². The first-order chi connectivity index (χ1) is 6.44. The van der Waals surface area contributed by atoms with E-state index in [-0.39, 0.29) is 0 Å². The average molecular weight is 216 g/mol. The number of piperazine rings is 1. The maximum Gasteiger partial charge on any atom is 0.0195 e. The zero-order chi connectivity index (χ0) is 10.8. The summed E-state index contributed by atoms with van der Waals surface area (Å²) in [5.41, 5.74) is 0.341.